The van der Waals surface area contributed by atoms with E-state index in [0.717, 1.165) is 19.4 Å². The van der Waals surface area contributed by atoms with Gasteiger partial charge in [0.1, 0.15) is 0 Å². The lowest BCUT2D eigenvalue weighted by Crippen LogP contribution is -2.51. The van der Waals surface area contributed by atoms with Crippen LogP contribution in [0.25, 0.3) is 0 Å². The zero-order chi connectivity index (χ0) is 14.8. The summed E-state index contributed by atoms with van der Waals surface area (Å²) in [4.78, 5) is 12.1. The second-order valence-electron chi connectivity index (χ2n) is 5.22. The molecule has 1 amide bonds. The highest BCUT2D eigenvalue weighted by Gasteiger charge is 2.35. The SMILES string of the molecule is CC1(C(=O)NCC(O)c2c(Cl)cccc2Cl)CCCN1.Cl. The lowest BCUT2D eigenvalue weighted by molar-refractivity contribution is -0.127. The molecule has 1 fully saturated rings. The molecule has 0 saturated carbocycles. The summed E-state index contributed by atoms with van der Waals surface area (Å²) in [5.41, 5.74) is -0.107. The van der Waals surface area contributed by atoms with E-state index in [9.17, 15) is 9.90 Å². The Bertz CT molecular complexity index is 485. The molecule has 1 saturated heterocycles. The summed E-state index contributed by atoms with van der Waals surface area (Å²) in [5, 5.41) is 16.9. The Morgan fingerprint density at radius 2 is 2.10 bits per heavy atom. The van der Waals surface area contributed by atoms with Crippen molar-refractivity contribution in [3.8, 4) is 0 Å². The number of benzene rings is 1. The van der Waals surface area contributed by atoms with Crippen LogP contribution >= 0.6 is 35.6 Å². The van der Waals surface area contributed by atoms with E-state index in [-0.39, 0.29) is 24.9 Å². The van der Waals surface area contributed by atoms with Gasteiger partial charge in [-0.3, -0.25) is 4.79 Å². The van der Waals surface area contributed by atoms with E-state index in [1.807, 2.05) is 6.92 Å². The molecule has 21 heavy (non-hydrogen) atoms. The van der Waals surface area contributed by atoms with E-state index in [4.69, 9.17) is 23.2 Å². The van der Waals surface area contributed by atoms with Crippen molar-refractivity contribution in [2.45, 2.75) is 31.4 Å². The highest BCUT2D eigenvalue weighted by molar-refractivity contribution is 6.36. The van der Waals surface area contributed by atoms with Crippen LogP contribution in [0.3, 0.4) is 0 Å². The third-order valence-corrected chi connectivity index (χ3v) is 4.32. The first-order valence-corrected chi connectivity index (χ1v) is 7.35. The zero-order valence-electron chi connectivity index (χ0n) is 11.7. The highest BCUT2D eigenvalue weighted by Crippen LogP contribution is 2.30. The van der Waals surface area contributed by atoms with Gasteiger partial charge in [0, 0.05) is 22.2 Å². The van der Waals surface area contributed by atoms with Gasteiger partial charge >= 0.3 is 0 Å². The van der Waals surface area contributed by atoms with Gasteiger partial charge in [-0.2, -0.15) is 0 Å². The normalized spacial score (nSPS) is 22.5. The van der Waals surface area contributed by atoms with E-state index in [2.05, 4.69) is 10.6 Å². The Hall–Kier alpha value is -0.520. The first-order chi connectivity index (χ1) is 9.44. The Balaban J connectivity index is 0.00000220. The molecule has 1 aromatic rings. The Morgan fingerprint density at radius 3 is 2.62 bits per heavy atom. The number of aliphatic hydroxyl groups is 1. The summed E-state index contributed by atoms with van der Waals surface area (Å²) in [6, 6.07) is 5.03. The van der Waals surface area contributed by atoms with Crippen LogP contribution in [0.4, 0.5) is 0 Å². The summed E-state index contributed by atoms with van der Waals surface area (Å²) in [7, 11) is 0. The molecule has 0 aliphatic carbocycles. The average molecular weight is 354 g/mol. The smallest absolute Gasteiger partial charge is 0.240 e. The molecule has 1 aliphatic rings. The quantitative estimate of drug-likeness (QED) is 0.780. The lowest BCUT2D eigenvalue weighted by atomic mass is 9.99. The van der Waals surface area contributed by atoms with Crippen LogP contribution in [0.5, 0.6) is 0 Å². The van der Waals surface area contributed by atoms with Crippen LogP contribution in [0, 0.1) is 0 Å². The molecular weight excluding hydrogens is 335 g/mol. The second-order valence-corrected chi connectivity index (χ2v) is 6.04. The van der Waals surface area contributed by atoms with Crippen molar-refractivity contribution in [2.75, 3.05) is 13.1 Å². The van der Waals surface area contributed by atoms with E-state index < -0.39 is 11.6 Å². The first kappa shape index (κ1) is 18.5. The molecule has 1 heterocycles. The maximum absolute atomic E-state index is 12.1. The third kappa shape index (κ3) is 4.24. The number of carbonyl (C=O) groups excluding carboxylic acids is 1. The van der Waals surface area contributed by atoms with E-state index >= 15 is 0 Å². The second kappa shape index (κ2) is 7.65. The molecule has 0 radical (unpaired) electrons. The van der Waals surface area contributed by atoms with Gasteiger partial charge < -0.3 is 15.7 Å². The molecule has 0 bridgehead atoms. The number of rotatable bonds is 4. The summed E-state index contributed by atoms with van der Waals surface area (Å²) < 4.78 is 0. The van der Waals surface area contributed by atoms with Gasteiger partial charge in [0.25, 0.3) is 0 Å². The van der Waals surface area contributed by atoms with Crippen molar-refractivity contribution in [1.29, 1.82) is 0 Å². The maximum Gasteiger partial charge on any atom is 0.240 e. The third-order valence-electron chi connectivity index (χ3n) is 3.66. The van der Waals surface area contributed by atoms with Crippen molar-refractivity contribution in [1.82, 2.24) is 10.6 Å². The number of hydrogen-bond donors (Lipinski definition) is 3. The van der Waals surface area contributed by atoms with E-state index in [1.54, 1.807) is 18.2 Å². The van der Waals surface area contributed by atoms with Crippen molar-refractivity contribution in [3.05, 3.63) is 33.8 Å². The number of aliphatic hydroxyl groups excluding tert-OH is 1. The monoisotopic (exact) mass is 352 g/mol. The largest absolute Gasteiger partial charge is 0.386 e. The molecule has 2 rings (SSSR count). The molecule has 1 aliphatic heterocycles. The average Bonchev–Trinajstić information content (AvgIpc) is 2.84. The molecule has 0 spiro atoms. The summed E-state index contributed by atoms with van der Waals surface area (Å²) in [6.45, 7) is 2.78. The molecule has 1 aromatic carbocycles. The maximum atomic E-state index is 12.1. The van der Waals surface area contributed by atoms with Crippen LogP contribution < -0.4 is 10.6 Å². The standard InChI is InChI=1S/C14H18Cl2N2O2.ClH/c1-14(6-3-7-18-14)13(20)17-8-11(19)12-9(15)4-2-5-10(12)16;/h2,4-5,11,18-19H,3,6-8H2,1H3,(H,17,20);1H. The van der Waals surface area contributed by atoms with Crippen molar-refractivity contribution in [2.24, 2.45) is 0 Å². The minimum atomic E-state index is -0.926. The van der Waals surface area contributed by atoms with Crippen molar-refractivity contribution < 1.29 is 9.90 Å². The fraction of sp³-hybridized carbons (Fsp3) is 0.500. The van der Waals surface area contributed by atoms with Crippen LogP contribution in [0.1, 0.15) is 31.4 Å². The minimum absolute atomic E-state index is 0. The summed E-state index contributed by atoms with van der Waals surface area (Å²) in [6.07, 6.45) is 0.843. The van der Waals surface area contributed by atoms with Gasteiger partial charge in [-0.05, 0) is 38.4 Å². The number of halogens is 3. The van der Waals surface area contributed by atoms with Gasteiger partial charge in [0.05, 0.1) is 11.6 Å². The van der Waals surface area contributed by atoms with Crippen molar-refractivity contribution >= 4 is 41.5 Å². The minimum Gasteiger partial charge on any atom is -0.386 e. The van der Waals surface area contributed by atoms with Gasteiger partial charge in [-0.15, -0.1) is 12.4 Å². The Kier molecular flexibility index (Phi) is 6.75. The number of hydrogen-bond acceptors (Lipinski definition) is 3. The van der Waals surface area contributed by atoms with Crippen LogP contribution in [0.2, 0.25) is 10.0 Å². The fourth-order valence-corrected chi connectivity index (χ4v) is 3.05. The Morgan fingerprint density at radius 1 is 1.48 bits per heavy atom. The Labute approximate surface area is 140 Å². The van der Waals surface area contributed by atoms with Crippen LogP contribution in [-0.4, -0.2) is 29.6 Å². The molecular formula is C14H19Cl3N2O2. The fourth-order valence-electron chi connectivity index (χ4n) is 2.40. The van der Waals surface area contributed by atoms with Gasteiger partial charge in [0.15, 0.2) is 0 Å². The molecule has 3 N–H and O–H groups in total. The molecule has 2 atom stereocenters. The zero-order valence-corrected chi connectivity index (χ0v) is 14.0. The van der Waals surface area contributed by atoms with E-state index in [1.165, 1.54) is 0 Å². The number of nitrogens with one attached hydrogen (secondary N) is 2. The van der Waals surface area contributed by atoms with Gasteiger partial charge in [-0.1, -0.05) is 29.3 Å². The van der Waals surface area contributed by atoms with E-state index in [0.29, 0.717) is 15.6 Å². The lowest BCUT2D eigenvalue weighted by Gasteiger charge is -2.24. The molecule has 2 unspecified atom stereocenters. The van der Waals surface area contributed by atoms with Gasteiger partial charge in [0.2, 0.25) is 5.91 Å². The first-order valence-electron chi connectivity index (χ1n) is 6.59. The summed E-state index contributed by atoms with van der Waals surface area (Å²) in [5.74, 6) is -0.114. The molecule has 0 aromatic heterocycles. The molecule has 118 valence electrons. The summed E-state index contributed by atoms with van der Waals surface area (Å²) >= 11 is 12.0. The number of amides is 1. The van der Waals surface area contributed by atoms with Crippen LogP contribution in [-0.2, 0) is 4.79 Å². The highest BCUT2D eigenvalue weighted by atomic mass is 35.5. The van der Waals surface area contributed by atoms with Crippen molar-refractivity contribution in [3.63, 3.8) is 0 Å². The predicted octanol–water partition coefficient (Wildman–Crippen LogP) is 2.71. The van der Waals surface area contributed by atoms with Gasteiger partial charge in [-0.25, -0.2) is 0 Å². The molecule has 7 heteroatoms. The predicted molar refractivity (Wildman–Crippen MR) is 87.3 cm³/mol. The van der Waals surface area contributed by atoms with Crippen LogP contribution in [0.15, 0.2) is 18.2 Å². The molecule has 4 nitrogen and oxygen atoms in total. The number of carbonyl (C=O) groups is 1. The topological polar surface area (TPSA) is 61.4 Å².